The van der Waals surface area contributed by atoms with Gasteiger partial charge in [-0.05, 0) is 61.4 Å². The quantitative estimate of drug-likeness (QED) is 0.301. The summed E-state index contributed by atoms with van der Waals surface area (Å²) in [4.78, 5) is 10.1. The van der Waals surface area contributed by atoms with E-state index >= 15 is 0 Å². The highest BCUT2D eigenvalue weighted by Gasteiger charge is 2.37. The molecule has 0 saturated heterocycles. The van der Waals surface area contributed by atoms with Crippen molar-refractivity contribution in [3.05, 3.63) is 108 Å². The van der Waals surface area contributed by atoms with Crippen LogP contribution in [0.4, 0.5) is 22.7 Å². The van der Waals surface area contributed by atoms with E-state index in [2.05, 4.69) is 119 Å². The molecule has 2 aliphatic heterocycles. The van der Waals surface area contributed by atoms with Crippen LogP contribution >= 0.6 is 0 Å². The first-order valence-corrected chi connectivity index (χ1v) is 11.5. The van der Waals surface area contributed by atoms with Crippen LogP contribution in [0.25, 0.3) is 16.7 Å². The molecule has 4 heteroatoms. The van der Waals surface area contributed by atoms with Crippen molar-refractivity contribution in [2.75, 3.05) is 9.80 Å². The van der Waals surface area contributed by atoms with Gasteiger partial charge < -0.3 is 9.80 Å². The van der Waals surface area contributed by atoms with E-state index in [-0.39, 0.29) is 6.17 Å². The molecule has 0 N–H and O–H groups in total. The number of anilines is 4. The van der Waals surface area contributed by atoms with Crippen LogP contribution < -0.4 is 9.80 Å². The monoisotopic (exact) mass is 428 g/mol. The van der Waals surface area contributed by atoms with E-state index in [9.17, 15) is 0 Å². The second-order valence-electron chi connectivity index (χ2n) is 8.96. The van der Waals surface area contributed by atoms with Gasteiger partial charge in [-0.1, -0.05) is 54.6 Å². The predicted octanol–water partition coefficient (Wildman–Crippen LogP) is 6.87. The SMILES string of the molecule is Cc1ccc2c(nc3n2-c2ccccc2C3)c1N1c2ccccc2N(c2ccccc2)[C@@H]1C. The molecule has 0 bridgehead atoms. The lowest BCUT2D eigenvalue weighted by molar-refractivity contribution is 0.761. The largest absolute Gasteiger partial charge is 0.319 e. The van der Waals surface area contributed by atoms with Crippen molar-refractivity contribution in [2.45, 2.75) is 26.4 Å². The van der Waals surface area contributed by atoms with E-state index in [1.807, 2.05) is 0 Å². The zero-order valence-corrected chi connectivity index (χ0v) is 18.7. The van der Waals surface area contributed by atoms with Crippen LogP contribution in [-0.2, 0) is 6.42 Å². The maximum absolute atomic E-state index is 5.22. The van der Waals surface area contributed by atoms with E-state index in [1.54, 1.807) is 0 Å². The summed E-state index contributed by atoms with van der Waals surface area (Å²) >= 11 is 0. The fourth-order valence-corrected chi connectivity index (χ4v) is 5.66. The lowest BCUT2D eigenvalue weighted by Gasteiger charge is -2.31. The molecule has 1 atom stereocenters. The van der Waals surface area contributed by atoms with Gasteiger partial charge in [-0.15, -0.1) is 0 Å². The van der Waals surface area contributed by atoms with Crippen LogP contribution in [0, 0.1) is 6.92 Å². The molecule has 0 unspecified atom stereocenters. The van der Waals surface area contributed by atoms with Gasteiger partial charge in [0.1, 0.15) is 17.5 Å². The van der Waals surface area contributed by atoms with Gasteiger partial charge >= 0.3 is 0 Å². The average Bonchev–Trinajstić information content (AvgIpc) is 3.47. The summed E-state index contributed by atoms with van der Waals surface area (Å²) < 4.78 is 2.34. The number of nitrogens with zero attached hydrogens (tertiary/aromatic N) is 4. The molecule has 0 aliphatic carbocycles. The fraction of sp³-hybridized carbons (Fsp3) is 0.138. The number of rotatable bonds is 2. The van der Waals surface area contributed by atoms with Crippen LogP contribution in [-0.4, -0.2) is 15.7 Å². The normalized spacial score (nSPS) is 16.2. The molecule has 0 amide bonds. The smallest absolute Gasteiger partial charge is 0.119 e. The molecule has 160 valence electrons. The van der Waals surface area contributed by atoms with Gasteiger partial charge in [0.15, 0.2) is 0 Å². The van der Waals surface area contributed by atoms with Crippen molar-refractivity contribution in [3.8, 4) is 5.69 Å². The zero-order valence-electron chi connectivity index (χ0n) is 18.7. The minimum atomic E-state index is 0.123. The molecule has 0 fully saturated rings. The summed E-state index contributed by atoms with van der Waals surface area (Å²) in [6.45, 7) is 4.48. The van der Waals surface area contributed by atoms with E-state index in [4.69, 9.17) is 4.98 Å². The highest BCUT2D eigenvalue weighted by atomic mass is 15.4. The lowest BCUT2D eigenvalue weighted by Crippen LogP contribution is -2.35. The fourth-order valence-electron chi connectivity index (χ4n) is 5.66. The number of hydrogen-bond donors (Lipinski definition) is 0. The summed E-state index contributed by atoms with van der Waals surface area (Å²) in [5.74, 6) is 1.12. The number of para-hydroxylation sites is 4. The van der Waals surface area contributed by atoms with E-state index < -0.39 is 0 Å². The maximum atomic E-state index is 5.22. The molecule has 2 aliphatic rings. The van der Waals surface area contributed by atoms with Gasteiger partial charge in [0.25, 0.3) is 0 Å². The Morgan fingerprint density at radius 1 is 0.727 bits per heavy atom. The Bertz CT molecular complexity index is 1530. The Kier molecular flexibility index (Phi) is 3.77. The number of aromatic nitrogens is 2. The Hall–Kier alpha value is -4.05. The summed E-state index contributed by atoms with van der Waals surface area (Å²) in [7, 11) is 0. The second kappa shape index (κ2) is 6.72. The molecule has 0 spiro atoms. The van der Waals surface area contributed by atoms with Crippen molar-refractivity contribution < 1.29 is 0 Å². The van der Waals surface area contributed by atoms with Gasteiger partial charge in [-0.25, -0.2) is 4.98 Å². The first kappa shape index (κ1) is 18.5. The summed E-state index contributed by atoms with van der Waals surface area (Å²) in [5, 5.41) is 0. The first-order chi connectivity index (χ1) is 16.2. The van der Waals surface area contributed by atoms with Crippen molar-refractivity contribution in [1.29, 1.82) is 0 Å². The van der Waals surface area contributed by atoms with E-state index in [0.717, 1.165) is 17.8 Å². The standard InChI is InChI=1S/C29H24N4/c1-19-16-17-26-28(30-27-18-21-10-6-7-13-23(21)33(26)27)29(19)32-20(2)31(22-11-4-3-5-12-22)24-14-8-9-15-25(24)32/h3-17,20H,18H2,1-2H3/t20-/m0/s1. The number of hydrogen-bond acceptors (Lipinski definition) is 3. The predicted molar refractivity (Wildman–Crippen MR) is 135 cm³/mol. The molecule has 33 heavy (non-hydrogen) atoms. The Morgan fingerprint density at radius 3 is 2.18 bits per heavy atom. The Balaban J connectivity index is 1.46. The highest BCUT2D eigenvalue weighted by molar-refractivity contribution is 5.99. The molecule has 4 nitrogen and oxygen atoms in total. The van der Waals surface area contributed by atoms with Gasteiger partial charge in [0, 0.05) is 12.1 Å². The number of fused-ring (bicyclic) bond motifs is 6. The Labute approximate surface area is 193 Å². The van der Waals surface area contributed by atoms with E-state index in [1.165, 1.54) is 45.1 Å². The third kappa shape index (κ3) is 2.49. The number of imidazole rings is 1. The summed E-state index contributed by atoms with van der Waals surface area (Å²) in [6, 6.07) is 32.5. The maximum Gasteiger partial charge on any atom is 0.119 e. The number of aryl methyl sites for hydroxylation is 1. The van der Waals surface area contributed by atoms with Gasteiger partial charge in [-0.3, -0.25) is 4.57 Å². The van der Waals surface area contributed by atoms with Crippen molar-refractivity contribution in [1.82, 2.24) is 9.55 Å². The molecule has 7 rings (SSSR count). The van der Waals surface area contributed by atoms with Crippen LogP contribution in [0.15, 0.2) is 91.0 Å². The number of benzene rings is 4. The average molecular weight is 429 g/mol. The first-order valence-electron chi connectivity index (χ1n) is 11.5. The topological polar surface area (TPSA) is 24.3 Å². The highest BCUT2D eigenvalue weighted by Crippen LogP contribution is 2.50. The van der Waals surface area contributed by atoms with Crippen molar-refractivity contribution in [2.24, 2.45) is 0 Å². The van der Waals surface area contributed by atoms with Crippen molar-refractivity contribution in [3.63, 3.8) is 0 Å². The minimum Gasteiger partial charge on any atom is -0.319 e. The molecule has 0 saturated carbocycles. The van der Waals surface area contributed by atoms with Crippen LogP contribution in [0.5, 0.6) is 0 Å². The van der Waals surface area contributed by atoms with E-state index in [0.29, 0.717) is 0 Å². The molecule has 4 aromatic carbocycles. The minimum absolute atomic E-state index is 0.123. The van der Waals surface area contributed by atoms with Crippen LogP contribution in [0.1, 0.15) is 23.9 Å². The van der Waals surface area contributed by atoms with Crippen molar-refractivity contribution >= 4 is 33.8 Å². The lowest BCUT2D eigenvalue weighted by atomic mass is 10.1. The summed E-state index contributed by atoms with van der Waals surface area (Å²) in [6.07, 6.45) is 1.00. The molecule has 0 radical (unpaired) electrons. The summed E-state index contributed by atoms with van der Waals surface area (Å²) in [5.41, 5.74) is 10.9. The Morgan fingerprint density at radius 2 is 1.39 bits per heavy atom. The van der Waals surface area contributed by atoms with Gasteiger partial charge in [-0.2, -0.15) is 0 Å². The molecular weight excluding hydrogens is 404 g/mol. The molecule has 5 aromatic rings. The van der Waals surface area contributed by atoms with Gasteiger partial charge in [0.05, 0.1) is 28.3 Å². The van der Waals surface area contributed by atoms with Crippen LogP contribution in [0.2, 0.25) is 0 Å². The van der Waals surface area contributed by atoms with Crippen LogP contribution in [0.3, 0.4) is 0 Å². The van der Waals surface area contributed by atoms with Gasteiger partial charge in [0.2, 0.25) is 0 Å². The molecule has 3 heterocycles. The third-order valence-corrected chi connectivity index (χ3v) is 7.08. The third-order valence-electron chi connectivity index (χ3n) is 7.08. The molecular formula is C29H24N4. The molecule has 1 aromatic heterocycles. The zero-order chi connectivity index (χ0) is 22.1. The second-order valence-corrected chi connectivity index (χ2v) is 8.96.